The topological polar surface area (TPSA) is 60.3 Å². The van der Waals surface area contributed by atoms with Crippen LogP contribution in [-0.4, -0.2) is 41.8 Å². The smallest absolute Gasteiger partial charge is 0.399 e. The molecule has 1 aromatic rings. The Bertz CT molecular complexity index is 566. The maximum atomic E-state index is 9.09. The molecule has 1 fully saturated rings. The van der Waals surface area contributed by atoms with E-state index < -0.39 is 0 Å². The molecule has 0 spiro atoms. The zero-order valence-electron chi connectivity index (χ0n) is 13.5. The van der Waals surface area contributed by atoms with E-state index in [4.69, 9.17) is 19.3 Å². The van der Waals surface area contributed by atoms with E-state index in [2.05, 4.69) is 5.16 Å². The van der Waals surface area contributed by atoms with Crippen LogP contribution in [0.4, 0.5) is 0 Å². The van der Waals surface area contributed by atoms with Crippen molar-refractivity contribution in [3.63, 3.8) is 0 Å². The molecule has 1 N–H and O–H groups in total. The van der Waals surface area contributed by atoms with Crippen LogP contribution in [0.2, 0.25) is 0 Å². The van der Waals surface area contributed by atoms with Gasteiger partial charge in [-0.15, -0.1) is 0 Å². The fraction of sp³-hybridized carbons (Fsp3) is 0.562. The second kappa shape index (κ2) is 5.37. The summed E-state index contributed by atoms with van der Waals surface area (Å²) in [6, 6.07) is 7.96. The number of oxime groups is 1. The van der Waals surface area contributed by atoms with Crippen molar-refractivity contribution in [2.24, 2.45) is 5.16 Å². The molecule has 1 aromatic carbocycles. The molecule has 1 atom stereocenters. The van der Waals surface area contributed by atoms with Gasteiger partial charge in [-0.05, 0) is 38.7 Å². The Labute approximate surface area is 131 Å². The third-order valence-electron chi connectivity index (χ3n) is 4.71. The molecule has 0 radical (unpaired) electrons. The maximum Gasteiger partial charge on any atom is 0.494 e. The van der Waals surface area contributed by atoms with Gasteiger partial charge in [-0.2, -0.15) is 0 Å². The molecule has 1 saturated heterocycles. The molecule has 1 unspecified atom stereocenters. The van der Waals surface area contributed by atoms with Gasteiger partial charge in [0, 0.05) is 6.42 Å². The van der Waals surface area contributed by atoms with E-state index in [1.807, 2.05) is 52.0 Å². The number of benzene rings is 1. The van der Waals surface area contributed by atoms with Gasteiger partial charge in [0.15, 0.2) is 6.10 Å². The number of nitrogens with zero attached hydrogens (tertiary/aromatic N) is 1. The summed E-state index contributed by atoms with van der Waals surface area (Å²) >= 11 is 0. The summed E-state index contributed by atoms with van der Waals surface area (Å²) in [6.45, 7) is 8.16. The standard InChI is InChI=1S/C16H22BNO4/c1-15(2)16(3,4)22-17(21-15)12-7-5-11(6-8-12)14-9-13(10-19)20-18-14/h5-8,13,19H,9-10H2,1-4H3. The quantitative estimate of drug-likeness (QED) is 0.859. The SMILES string of the molecule is CC1(C)OB(c2ccc(C3=NOC(CO)C3)cc2)OC1(C)C. The molecule has 3 rings (SSSR count). The average Bonchev–Trinajstić information content (AvgIpc) is 3.02. The van der Waals surface area contributed by atoms with Crippen molar-refractivity contribution in [2.45, 2.75) is 51.4 Å². The molecular weight excluding hydrogens is 281 g/mol. The Morgan fingerprint density at radius 3 is 2.23 bits per heavy atom. The second-order valence-electron chi connectivity index (χ2n) is 6.86. The van der Waals surface area contributed by atoms with E-state index in [9.17, 15) is 0 Å². The lowest BCUT2D eigenvalue weighted by molar-refractivity contribution is 0.00578. The predicted octanol–water partition coefficient (Wildman–Crippen LogP) is 1.47. The van der Waals surface area contributed by atoms with Crippen LogP contribution in [0.15, 0.2) is 29.4 Å². The Hall–Kier alpha value is -1.37. The molecule has 6 heteroatoms. The summed E-state index contributed by atoms with van der Waals surface area (Å²) in [5, 5.41) is 13.1. The average molecular weight is 303 g/mol. The highest BCUT2D eigenvalue weighted by Gasteiger charge is 2.51. The molecule has 0 aliphatic carbocycles. The highest BCUT2D eigenvalue weighted by Crippen LogP contribution is 2.36. The van der Waals surface area contributed by atoms with Crippen molar-refractivity contribution >= 4 is 18.3 Å². The van der Waals surface area contributed by atoms with Gasteiger partial charge in [0.1, 0.15) is 0 Å². The maximum absolute atomic E-state index is 9.09. The monoisotopic (exact) mass is 303 g/mol. The fourth-order valence-electron chi connectivity index (χ4n) is 2.51. The second-order valence-corrected chi connectivity index (χ2v) is 6.86. The van der Waals surface area contributed by atoms with Gasteiger partial charge >= 0.3 is 7.12 Å². The first kappa shape index (κ1) is 15.5. The fourth-order valence-corrected chi connectivity index (χ4v) is 2.51. The molecule has 2 aliphatic heterocycles. The lowest BCUT2D eigenvalue weighted by Gasteiger charge is -2.32. The van der Waals surface area contributed by atoms with Crippen LogP contribution < -0.4 is 5.46 Å². The van der Waals surface area contributed by atoms with E-state index in [0.717, 1.165) is 16.7 Å². The lowest BCUT2D eigenvalue weighted by Crippen LogP contribution is -2.41. The van der Waals surface area contributed by atoms with Gasteiger partial charge in [0.25, 0.3) is 0 Å². The first-order valence-corrected chi connectivity index (χ1v) is 7.62. The minimum absolute atomic E-state index is 0.0149. The van der Waals surface area contributed by atoms with Crippen LogP contribution in [0.25, 0.3) is 0 Å². The van der Waals surface area contributed by atoms with Crippen LogP contribution in [-0.2, 0) is 14.1 Å². The van der Waals surface area contributed by atoms with Gasteiger partial charge in [-0.3, -0.25) is 0 Å². The van der Waals surface area contributed by atoms with Gasteiger partial charge in [-0.1, -0.05) is 29.4 Å². The zero-order valence-corrected chi connectivity index (χ0v) is 13.5. The van der Waals surface area contributed by atoms with Crippen LogP contribution >= 0.6 is 0 Å². The van der Waals surface area contributed by atoms with E-state index >= 15 is 0 Å². The van der Waals surface area contributed by atoms with Crippen molar-refractivity contribution in [3.8, 4) is 0 Å². The number of rotatable bonds is 3. The van der Waals surface area contributed by atoms with Crippen LogP contribution in [0.5, 0.6) is 0 Å². The number of aliphatic hydroxyl groups excluding tert-OH is 1. The van der Waals surface area contributed by atoms with Crippen LogP contribution in [0.3, 0.4) is 0 Å². The number of aliphatic hydroxyl groups is 1. The molecule has 22 heavy (non-hydrogen) atoms. The Morgan fingerprint density at radius 2 is 1.73 bits per heavy atom. The molecule has 0 bridgehead atoms. The first-order valence-electron chi connectivity index (χ1n) is 7.62. The first-order chi connectivity index (χ1) is 10.3. The van der Waals surface area contributed by atoms with Crippen molar-refractivity contribution in [1.82, 2.24) is 0 Å². The molecule has 2 aliphatic rings. The predicted molar refractivity (Wildman–Crippen MR) is 85.3 cm³/mol. The summed E-state index contributed by atoms with van der Waals surface area (Å²) in [5.74, 6) is 0. The minimum atomic E-state index is -0.356. The molecule has 5 nitrogen and oxygen atoms in total. The summed E-state index contributed by atoms with van der Waals surface area (Å²) in [4.78, 5) is 5.14. The highest BCUT2D eigenvalue weighted by atomic mass is 16.7. The van der Waals surface area contributed by atoms with Gasteiger partial charge in [-0.25, -0.2) is 0 Å². The van der Waals surface area contributed by atoms with Crippen LogP contribution in [0.1, 0.15) is 39.7 Å². The van der Waals surface area contributed by atoms with Crippen molar-refractivity contribution in [2.75, 3.05) is 6.61 Å². The molecule has 2 heterocycles. The van der Waals surface area contributed by atoms with E-state index in [1.54, 1.807) is 0 Å². The van der Waals surface area contributed by atoms with Gasteiger partial charge < -0.3 is 19.3 Å². The Kier molecular flexibility index (Phi) is 3.79. The molecular formula is C16H22BNO4. The molecule has 0 aromatic heterocycles. The van der Waals surface area contributed by atoms with Crippen molar-refractivity contribution in [3.05, 3.63) is 29.8 Å². The van der Waals surface area contributed by atoms with Crippen molar-refractivity contribution < 1.29 is 19.3 Å². The summed E-state index contributed by atoms with van der Waals surface area (Å²) < 4.78 is 12.1. The Morgan fingerprint density at radius 1 is 1.14 bits per heavy atom. The summed E-state index contributed by atoms with van der Waals surface area (Å²) in [5.41, 5.74) is 2.17. The third-order valence-corrected chi connectivity index (χ3v) is 4.71. The third kappa shape index (κ3) is 2.66. The lowest BCUT2D eigenvalue weighted by atomic mass is 9.78. The molecule has 118 valence electrons. The highest BCUT2D eigenvalue weighted by molar-refractivity contribution is 6.62. The number of hydrogen-bond acceptors (Lipinski definition) is 5. The van der Waals surface area contributed by atoms with Crippen LogP contribution in [0, 0.1) is 0 Å². The molecule has 0 amide bonds. The van der Waals surface area contributed by atoms with Gasteiger partial charge in [0.05, 0.1) is 23.5 Å². The molecule has 0 saturated carbocycles. The largest absolute Gasteiger partial charge is 0.494 e. The van der Waals surface area contributed by atoms with E-state index in [1.165, 1.54) is 0 Å². The van der Waals surface area contributed by atoms with E-state index in [0.29, 0.717) is 6.42 Å². The van der Waals surface area contributed by atoms with E-state index in [-0.39, 0.29) is 31.0 Å². The summed E-state index contributed by atoms with van der Waals surface area (Å²) in [7, 11) is -0.356. The van der Waals surface area contributed by atoms with Gasteiger partial charge in [0.2, 0.25) is 0 Å². The summed E-state index contributed by atoms with van der Waals surface area (Å²) in [6.07, 6.45) is 0.407. The number of hydrogen-bond donors (Lipinski definition) is 1. The minimum Gasteiger partial charge on any atom is -0.399 e. The zero-order chi connectivity index (χ0) is 16.0. The normalized spacial score (nSPS) is 26.0. The Balaban J connectivity index is 1.73. The van der Waals surface area contributed by atoms with Crippen molar-refractivity contribution in [1.29, 1.82) is 0 Å².